The highest BCUT2D eigenvalue weighted by Crippen LogP contribution is 2.57. The van der Waals surface area contributed by atoms with Crippen LogP contribution in [0.3, 0.4) is 0 Å². The van der Waals surface area contributed by atoms with E-state index in [9.17, 15) is 14.4 Å². The van der Waals surface area contributed by atoms with Crippen molar-refractivity contribution >= 4 is 23.2 Å². The molecular formula is C18H23N5O3S. The van der Waals surface area contributed by atoms with Crippen molar-refractivity contribution in [3.63, 3.8) is 0 Å². The molecule has 0 bridgehead atoms. The molecule has 1 aliphatic heterocycles. The number of carbonyl (C=O) groups excluding carboxylic acids is 2. The number of H-pyrrole nitrogens is 1. The molecule has 2 aromatic rings. The Morgan fingerprint density at radius 2 is 2.19 bits per heavy atom. The molecule has 1 atom stereocenters. The first-order valence-corrected chi connectivity index (χ1v) is 10.1. The van der Waals surface area contributed by atoms with E-state index in [-0.39, 0.29) is 35.5 Å². The first kappa shape index (κ1) is 18.0. The van der Waals surface area contributed by atoms with Crippen LogP contribution in [0.4, 0.5) is 0 Å². The van der Waals surface area contributed by atoms with Crippen LogP contribution < -0.4 is 5.69 Å². The van der Waals surface area contributed by atoms with Crippen LogP contribution >= 0.6 is 11.3 Å². The number of aromatic amines is 1. The van der Waals surface area contributed by atoms with E-state index in [1.807, 2.05) is 15.2 Å². The Balaban J connectivity index is 1.35. The maximum Gasteiger partial charge on any atom is 0.343 e. The second-order valence-corrected chi connectivity index (χ2v) is 8.31. The highest BCUT2D eigenvalue weighted by molar-refractivity contribution is 7.07. The molecule has 9 heteroatoms. The van der Waals surface area contributed by atoms with E-state index in [4.69, 9.17) is 0 Å². The third-order valence-corrected chi connectivity index (χ3v) is 6.63. The average molecular weight is 389 g/mol. The number of nitrogens with zero attached hydrogens (tertiary/aromatic N) is 4. The van der Waals surface area contributed by atoms with Crippen LogP contribution in [0.2, 0.25) is 0 Å². The SMILES string of the molecule is CC(=O)N(Cc1ccsc1)C1CC12CCN(C(=O)Cn1cn[nH]c1=O)CC2. The van der Waals surface area contributed by atoms with Crippen molar-refractivity contribution in [3.05, 3.63) is 39.2 Å². The fraction of sp³-hybridized carbons (Fsp3) is 0.556. The van der Waals surface area contributed by atoms with Crippen LogP contribution in [0.5, 0.6) is 0 Å². The molecule has 1 aliphatic carbocycles. The van der Waals surface area contributed by atoms with Crippen molar-refractivity contribution in [2.24, 2.45) is 5.41 Å². The first-order chi connectivity index (χ1) is 13.0. The molecule has 0 aromatic carbocycles. The van der Waals surface area contributed by atoms with Gasteiger partial charge in [0.25, 0.3) is 0 Å². The summed E-state index contributed by atoms with van der Waals surface area (Å²) in [5.74, 6) is 0.0492. The zero-order valence-corrected chi connectivity index (χ0v) is 16.1. The molecule has 1 saturated carbocycles. The summed E-state index contributed by atoms with van der Waals surface area (Å²) in [4.78, 5) is 39.9. The number of thiophene rings is 1. The fourth-order valence-corrected chi connectivity index (χ4v) is 4.81. The Hall–Kier alpha value is -2.42. The van der Waals surface area contributed by atoms with Gasteiger partial charge in [0.15, 0.2) is 0 Å². The molecule has 3 heterocycles. The lowest BCUT2D eigenvalue weighted by Gasteiger charge is -2.34. The molecular weight excluding hydrogens is 366 g/mol. The normalized spacial score (nSPS) is 20.6. The van der Waals surface area contributed by atoms with Gasteiger partial charge in [-0.15, -0.1) is 0 Å². The largest absolute Gasteiger partial charge is 0.343 e. The summed E-state index contributed by atoms with van der Waals surface area (Å²) in [6, 6.07) is 2.33. The van der Waals surface area contributed by atoms with Crippen LogP contribution in [0.25, 0.3) is 0 Å². The molecule has 1 spiro atoms. The molecule has 2 fully saturated rings. The maximum atomic E-state index is 12.4. The molecule has 1 saturated heterocycles. The van der Waals surface area contributed by atoms with Gasteiger partial charge in [-0.3, -0.25) is 14.2 Å². The fourth-order valence-electron chi connectivity index (χ4n) is 4.15. The van der Waals surface area contributed by atoms with Crippen molar-refractivity contribution in [3.8, 4) is 0 Å². The molecule has 0 radical (unpaired) electrons. The van der Waals surface area contributed by atoms with E-state index in [0.29, 0.717) is 19.6 Å². The zero-order valence-electron chi connectivity index (χ0n) is 15.3. The number of hydrogen-bond donors (Lipinski definition) is 1. The van der Waals surface area contributed by atoms with Crippen LogP contribution in [-0.4, -0.2) is 55.5 Å². The lowest BCUT2D eigenvalue weighted by atomic mass is 9.92. The highest BCUT2D eigenvalue weighted by atomic mass is 32.1. The van der Waals surface area contributed by atoms with Gasteiger partial charge in [-0.1, -0.05) is 0 Å². The predicted octanol–water partition coefficient (Wildman–Crippen LogP) is 1.06. The van der Waals surface area contributed by atoms with Crippen LogP contribution in [-0.2, 0) is 22.7 Å². The molecule has 27 heavy (non-hydrogen) atoms. The number of hydrogen-bond acceptors (Lipinski definition) is 5. The van der Waals surface area contributed by atoms with E-state index in [1.165, 1.54) is 16.5 Å². The predicted molar refractivity (Wildman–Crippen MR) is 100 cm³/mol. The van der Waals surface area contributed by atoms with Crippen LogP contribution in [0.1, 0.15) is 31.7 Å². The Morgan fingerprint density at radius 3 is 2.78 bits per heavy atom. The topological polar surface area (TPSA) is 91.3 Å². The minimum Gasteiger partial charge on any atom is -0.341 e. The van der Waals surface area contributed by atoms with E-state index in [2.05, 4.69) is 21.6 Å². The van der Waals surface area contributed by atoms with Gasteiger partial charge >= 0.3 is 5.69 Å². The summed E-state index contributed by atoms with van der Waals surface area (Å²) in [6.45, 7) is 3.67. The summed E-state index contributed by atoms with van der Waals surface area (Å²) < 4.78 is 1.28. The van der Waals surface area contributed by atoms with E-state index < -0.39 is 0 Å². The summed E-state index contributed by atoms with van der Waals surface area (Å²) in [5, 5.41) is 10.1. The van der Waals surface area contributed by atoms with Gasteiger partial charge in [0.1, 0.15) is 12.9 Å². The smallest absolute Gasteiger partial charge is 0.341 e. The molecule has 2 aliphatic rings. The number of aromatic nitrogens is 3. The molecule has 2 aromatic heterocycles. The Bertz CT molecular complexity index is 879. The molecule has 1 unspecified atom stereocenters. The van der Waals surface area contributed by atoms with Gasteiger partial charge in [-0.05, 0) is 47.1 Å². The Labute approximate surface area is 160 Å². The number of rotatable bonds is 5. The van der Waals surface area contributed by atoms with Gasteiger partial charge in [-0.25, -0.2) is 9.89 Å². The van der Waals surface area contributed by atoms with E-state index in [1.54, 1.807) is 18.3 Å². The van der Waals surface area contributed by atoms with Crippen molar-refractivity contribution in [1.82, 2.24) is 24.6 Å². The lowest BCUT2D eigenvalue weighted by molar-refractivity contribution is -0.135. The number of carbonyl (C=O) groups is 2. The molecule has 144 valence electrons. The molecule has 8 nitrogen and oxygen atoms in total. The lowest BCUT2D eigenvalue weighted by Crippen LogP contribution is -2.44. The van der Waals surface area contributed by atoms with Crippen LogP contribution in [0.15, 0.2) is 27.9 Å². The van der Waals surface area contributed by atoms with Crippen molar-refractivity contribution in [1.29, 1.82) is 0 Å². The third kappa shape index (κ3) is 3.55. The average Bonchev–Trinajstić information content (AvgIpc) is 3.00. The molecule has 2 amide bonds. The van der Waals surface area contributed by atoms with Crippen LogP contribution in [0, 0.1) is 5.41 Å². The van der Waals surface area contributed by atoms with E-state index >= 15 is 0 Å². The summed E-state index contributed by atoms with van der Waals surface area (Å²) in [7, 11) is 0. The second kappa shape index (κ2) is 6.95. The quantitative estimate of drug-likeness (QED) is 0.828. The van der Waals surface area contributed by atoms with Gasteiger partial charge in [0.2, 0.25) is 11.8 Å². The standard InChI is InChI=1S/C18H23N5O3S/c1-13(24)23(9-14-2-7-27-11-14)15-8-18(15)3-5-21(6-4-18)16(25)10-22-12-19-20-17(22)26/h2,7,11-12,15H,3-6,8-10H2,1H3,(H,20,26). The minimum absolute atomic E-state index is 0.0174. The van der Waals surface area contributed by atoms with Gasteiger partial charge < -0.3 is 9.80 Å². The Kier molecular flexibility index (Phi) is 4.63. The number of likely N-dealkylation sites (tertiary alicyclic amines) is 1. The monoisotopic (exact) mass is 389 g/mol. The first-order valence-electron chi connectivity index (χ1n) is 9.14. The molecule has 4 rings (SSSR count). The van der Waals surface area contributed by atoms with Gasteiger partial charge in [-0.2, -0.15) is 16.4 Å². The Morgan fingerprint density at radius 1 is 1.41 bits per heavy atom. The third-order valence-electron chi connectivity index (χ3n) is 5.90. The summed E-state index contributed by atoms with van der Waals surface area (Å²) >= 11 is 1.65. The van der Waals surface area contributed by atoms with Crippen molar-refractivity contribution in [2.45, 2.75) is 45.3 Å². The summed E-state index contributed by atoms with van der Waals surface area (Å²) in [5.41, 5.74) is 0.949. The van der Waals surface area contributed by atoms with Crippen molar-refractivity contribution in [2.75, 3.05) is 13.1 Å². The maximum absolute atomic E-state index is 12.4. The molecule has 1 N–H and O–H groups in total. The van der Waals surface area contributed by atoms with E-state index in [0.717, 1.165) is 19.3 Å². The number of amides is 2. The number of nitrogens with one attached hydrogen (secondary N) is 1. The highest BCUT2D eigenvalue weighted by Gasteiger charge is 2.58. The van der Waals surface area contributed by atoms with Gasteiger partial charge in [0, 0.05) is 32.6 Å². The number of piperidine rings is 1. The van der Waals surface area contributed by atoms with Crippen molar-refractivity contribution < 1.29 is 9.59 Å². The summed E-state index contributed by atoms with van der Waals surface area (Å²) in [6.07, 6.45) is 4.16. The second-order valence-electron chi connectivity index (χ2n) is 7.53. The zero-order chi connectivity index (χ0) is 19.0. The van der Waals surface area contributed by atoms with Gasteiger partial charge in [0.05, 0.1) is 0 Å². The minimum atomic E-state index is -0.371.